The quantitative estimate of drug-likeness (QED) is 0.262. The fraction of sp³-hybridized carbons (Fsp3) is 0.700. The minimum Gasteiger partial charge on any atom is -0.463 e. The summed E-state index contributed by atoms with van der Waals surface area (Å²) in [7, 11) is -0.473. The van der Waals surface area contributed by atoms with Gasteiger partial charge in [-0.25, -0.2) is 0 Å². The molecule has 1 aromatic carbocycles. The molecule has 0 aliphatic carbocycles. The van der Waals surface area contributed by atoms with Crippen LogP contribution in [0.1, 0.15) is 87.1 Å². The first-order valence-corrected chi connectivity index (χ1v) is 14.2. The standard InChI is InChI=1S/C30H48BNO8/c1-10-23(25(34)32-20(2)3)18-30(9,27(36)37-16-15-33)17-21(4)26(35)38-19-22-11-13-24(14-12-22)31-39-28(5,6)29(7,8)40-31/h11-14,20-21,23,33H,10,15-19H2,1-9H3,(H,32,34). The minimum absolute atomic E-state index is 0.0333. The van der Waals surface area contributed by atoms with Gasteiger partial charge in [-0.3, -0.25) is 14.4 Å². The molecule has 1 heterocycles. The second kappa shape index (κ2) is 14.0. The maximum absolute atomic E-state index is 13.0. The molecule has 3 unspecified atom stereocenters. The van der Waals surface area contributed by atoms with Gasteiger partial charge < -0.3 is 29.2 Å². The number of hydrogen-bond acceptors (Lipinski definition) is 8. The van der Waals surface area contributed by atoms with Crippen LogP contribution in [0.3, 0.4) is 0 Å². The van der Waals surface area contributed by atoms with E-state index < -0.39 is 47.5 Å². The summed E-state index contributed by atoms with van der Waals surface area (Å²) in [5.41, 5.74) is -0.298. The van der Waals surface area contributed by atoms with Crippen molar-refractivity contribution in [2.24, 2.45) is 17.3 Å². The first-order valence-electron chi connectivity index (χ1n) is 14.2. The Hall–Kier alpha value is -2.43. The van der Waals surface area contributed by atoms with Crippen molar-refractivity contribution in [2.75, 3.05) is 13.2 Å². The van der Waals surface area contributed by atoms with Crippen molar-refractivity contribution in [3.05, 3.63) is 29.8 Å². The van der Waals surface area contributed by atoms with Gasteiger partial charge in [-0.15, -0.1) is 0 Å². The SMILES string of the molecule is CCC(CC(C)(CC(C)C(=O)OCc1ccc(B2OC(C)(C)C(C)(C)O2)cc1)C(=O)OCCO)C(=O)NC(C)C. The lowest BCUT2D eigenvalue weighted by Crippen LogP contribution is -2.41. The Morgan fingerprint density at radius 2 is 1.57 bits per heavy atom. The largest absolute Gasteiger partial charge is 0.494 e. The summed E-state index contributed by atoms with van der Waals surface area (Å²) in [6.45, 7) is 16.7. The number of aliphatic hydroxyl groups excluding tert-OH is 1. The molecule has 0 aromatic heterocycles. The van der Waals surface area contributed by atoms with Crippen molar-refractivity contribution >= 4 is 30.4 Å². The average Bonchev–Trinajstić information content (AvgIpc) is 3.10. The molecule has 9 nitrogen and oxygen atoms in total. The number of benzene rings is 1. The fourth-order valence-electron chi connectivity index (χ4n) is 4.74. The highest BCUT2D eigenvalue weighted by atomic mass is 16.7. The smallest absolute Gasteiger partial charge is 0.463 e. The fourth-order valence-corrected chi connectivity index (χ4v) is 4.74. The maximum atomic E-state index is 13.0. The summed E-state index contributed by atoms with van der Waals surface area (Å²) in [6.07, 6.45) is 0.884. The molecule has 1 aromatic rings. The molecule has 0 radical (unpaired) electrons. The van der Waals surface area contributed by atoms with Gasteiger partial charge >= 0.3 is 19.1 Å². The van der Waals surface area contributed by atoms with Crippen LogP contribution < -0.4 is 10.8 Å². The van der Waals surface area contributed by atoms with E-state index in [1.165, 1.54) is 0 Å². The Morgan fingerprint density at radius 1 is 1.00 bits per heavy atom. The van der Waals surface area contributed by atoms with Crippen LogP contribution in [-0.4, -0.2) is 60.5 Å². The molecule has 1 aliphatic heterocycles. The van der Waals surface area contributed by atoms with E-state index in [2.05, 4.69) is 5.32 Å². The third kappa shape index (κ3) is 8.79. The van der Waals surface area contributed by atoms with Gasteiger partial charge in [0.1, 0.15) is 13.2 Å². The Labute approximate surface area is 239 Å². The molecule has 10 heteroatoms. The van der Waals surface area contributed by atoms with Gasteiger partial charge in [0.2, 0.25) is 5.91 Å². The Balaban J connectivity index is 2.04. The van der Waals surface area contributed by atoms with E-state index in [4.69, 9.17) is 23.9 Å². The zero-order valence-electron chi connectivity index (χ0n) is 25.7. The number of esters is 2. The van der Waals surface area contributed by atoms with E-state index in [0.717, 1.165) is 11.0 Å². The van der Waals surface area contributed by atoms with Gasteiger partial charge in [-0.05, 0) is 78.8 Å². The van der Waals surface area contributed by atoms with E-state index >= 15 is 0 Å². The molecule has 1 fully saturated rings. The molecule has 1 aliphatic rings. The molecular formula is C30H48BNO8. The molecule has 1 saturated heterocycles. The summed E-state index contributed by atoms with van der Waals surface area (Å²) in [4.78, 5) is 38.7. The molecule has 2 N–H and O–H groups in total. The third-order valence-electron chi connectivity index (χ3n) is 7.85. The number of amides is 1. The summed E-state index contributed by atoms with van der Waals surface area (Å²) in [6, 6.07) is 7.50. The number of carbonyl (C=O) groups is 3. The predicted molar refractivity (Wildman–Crippen MR) is 154 cm³/mol. The molecule has 224 valence electrons. The van der Waals surface area contributed by atoms with Crippen molar-refractivity contribution in [1.29, 1.82) is 0 Å². The number of aliphatic hydroxyl groups is 1. The van der Waals surface area contributed by atoms with Crippen molar-refractivity contribution in [1.82, 2.24) is 5.32 Å². The average molecular weight is 562 g/mol. The van der Waals surface area contributed by atoms with Crippen LogP contribution in [0.5, 0.6) is 0 Å². The van der Waals surface area contributed by atoms with Crippen LogP contribution in [-0.2, 0) is 39.8 Å². The lowest BCUT2D eigenvalue weighted by atomic mass is 9.74. The third-order valence-corrected chi connectivity index (χ3v) is 7.85. The lowest BCUT2D eigenvalue weighted by Gasteiger charge is -2.32. The molecule has 0 spiro atoms. The van der Waals surface area contributed by atoms with E-state index in [-0.39, 0.29) is 44.6 Å². The van der Waals surface area contributed by atoms with E-state index in [1.54, 1.807) is 13.8 Å². The molecule has 3 atom stereocenters. The summed E-state index contributed by atoms with van der Waals surface area (Å²) >= 11 is 0. The normalized spacial score (nSPS) is 19.0. The lowest BCUT2D eigenvalue weighted by molar-refractivity contribution is -0.161. The van der Waals surface area contributed by atoms with Crippen molar-refractivity contribution in [2.45, 2.75) is 105 Å². The van der Waals surface area contributed by atoms with Crippen LogP contribution in [0.25, 0.3) is 0 Å². The van der Waals surface area contributed by atoms with E-state index in [1.807, 2.05) is 72.7 Å². The Morgan fingerprint density at radius 3 is 2.08 bits per heavy atom. The molecule has 0 saturated carbocycles. The van der Waals surface area contributed by atoms with Gasteiger partial charge in [-0.1, -0.05) is 38.1 Å². The van der Waals surface area contributed by atoms with Crippen molar-refractivity contribution < 1.29 is 38.3 Å². The van der Waals surface area contributed by atoms with Gasteiger partial charge in [0.15, 0.2) is 0 Å². The highest BCUT2D eigenvalue weighted by molar-refractivity contribution is 6.62. The summed E-state index contributed by atoms with van der Waals surface area (Å²) in [5.74, 6) is -2.19. The van der Waals surface area contributed by atoms with Gasteiger partial charge in [0.05, 0.1) is 29.1 Å². The van der Waals surface area contributed by atoms with Gasteiger partial charge in [0, 0.05) is 12.0 Å². The van der Waals surface area contributed by atoms with Crippen LogP contribution in [0.2, 0.25) is 0 Å². The first kappa shape index (κ1) is 33.8. The highest BCUT2D eigenvalue weighted by Gasteiger charge is 2.51. The van der Waals surface area contributed by atoms with Gasteiger partial charge in [-0.2, -0.15) is 0 Å². The predicted octanol–water partition coefficient (Wildman–Crippen LogP) is 3.54. The Kier molecular flexibility index (Phi) is 11.8. The monoisotopic (exact) mass is 561 g/mol. The number of rotatable bonds is 14. The molecule has 2 rings (SSSR count). The van der Waals surface area contributed by atoms with Gasteiger partial charge in [0.25, 0.3) is 0 Å². The minimum atomic E-state index is -1.12. The van der Waals surface area contributed by atoms with E-state index in [0.29, 0.717) is 6.42 Å². The van der Waals surface area contributed by atoms with Crippen LogP contribution in [0.15, 0.2) is 24.3 Å². The molecule has 0 bridgehead atoms. The van der Waals surface area contributed by atoms with E-state index in [9.17, 15) is 14.4 Å². The zero-order valence-corrected chi connectivity index (χ0v) is 25.7. The maximum Gasteiger partial charge on any atom is 0.494 e. The highest BCUT2D eigenvalue weighted by Crippen LogP contribution is 2.37. The molecule has 1 amide bonds. The van der Waals surface area contributed by atoms with Crippen LogP contribution in [0.4, 0.5) is 0 Å². The zero-order chi connectivity index (χ0) is 30.3. The molecule has 40 heavy (non-hydrogen) atoms. The topological polar surface area (TPSA) is 120 Å². The number of carbonyl (C=O) groups excluding carboxylic acids is 3. The first-order chi connectivity index (χ1) is 18.5. The second-order valence-electron chi connectivity index (χ2n) is 12.4. The summed E-state index contributed by atoms with van der Waals surface area (Å²) in [5, 5.41) is 12.0. The Bertz CT molecular complexity index is 993. The summed E-state index contributed by atoms with van der Waals surface area (Å²) < 4.78 is 23.0. The second-order valence-corrected chi connectivity index (χ2v) is 12.4. The molecular weight excluding hydrogens is 513 g/mol. The van der Waals surface area contributed by atoms with Crippen molar-refractivity contribution in [3.8, 4) is 0 Å². The van der Waals surface area contributed by atoms with Crippen LogP contribution in [0, 0.1) is 17.3 Å². The van der Waals surface area contributed by atoms with Crippen LogP contribution >= 0.6 is 0 Å². The number of hydrogen-bond donors (Lipinski definition) is 2. The number of nitrogens with one attached hydrogen (secondary N) is 1. The van der Waals surface area contributed by atoms with Crippen molar-refractivity contribution in [3.63, 3.8) is 0 Å². The number of ether oxygens (including phenoxy) is 2.